The molecule has 1 aromatic carbocycles. The van der Waals surface area contributed by atoms with E-state index in [0.29, 0.717) is 25.2 Å². The van der Waals surface area contributed by atoms with Gasteiger partial charge in [-0.2, -0.15) is 0 Å². The molecule has 1 fully saturated rings. The lowest BCUT2D eigenvalue weighted by atomic mass is 9.84. The summed E-state index contributed by atoms with van der Waals surface area (Å²) >= 11 is 0. The number of carbonyl (C=O) groups is 2. The quantitative estimate of drug-likeness (QED) is 0.807. The molecule has 2 aromatic rings. The minimum absolute atomic E-state index is 0.161. The van der Waals surface area contributed by atoms with Crippen LogP contribution in [0.3, 0.4) is 0 Å². The van der Waals surface area contributed by atoms with Crippen LogP contribution < -0.4 is 10.2 Å². The van der Waals surface area contributed by atoms with Gasteiger partial charge in [0.1, 0.15) is 5.82 Å². The molecule has 1 aliphatic rings. The van der Waals surface area contributed by atoms with E-state index in [4.69, 9.17) is 0 Å². The molecular formula is C23H30N4O3. The predicted octanol–water partition coefficient (Wildman–Crippen LogP) is 3.63. The first-order valence-electron chi connectivity index (χ1n) is 10.2. The van der Waals surface area contributed by atoms with Crippen molar-refractivity contribution in [1.82, 2.24) is 15.2 Å². The van der Waals surface area contributed by atoms with Gasteiger partial charge in [0.2, 0.25) is 0 Å². The second kappa shape index (κ2) is 8.34. The van der Waals surface area contributed by atoms with E-state index in [1.165, 1.54) is 4.90 Å². The van der Waals surface area contributed by atoms with E-state index in [1.54, 1.807) is 13.2 Å². The number of carboxylic acid groups (broad SMARTS) is 1. The summed E-state index contributed by atoms with van der Waals surface area (Å²) in [7, 11) is 1.61. The molecule has 7 nitrogen and oxygen atoms in total. The zero-order chi connectivity index (χ0) is 22.1. The Labute approximate surface area is 177 Å². The van der Waals surface area contributed by atoms with Crippen molar-refractivity contribution in [3.05, 3.63) is 47.7 Å². The summed E-state index contributed by atoms with van der Waals surface area (Å²) in [5.41, 5.74) is 3.19. The molecule has 30 heavy (non-hydrogen) atoms. The molecule has 0 bridgehead atoms. The van der Waals surface area contributed by atoms with Crippen LogP contribution in [0.15, 0.2) is 36.5 Å². The van der Waals surface area contributed by atoms with Crippen molar-refractivity contribution in [2.45, 2.75) is 33.7 Å². The Morgan fingerprint density at radius 2 is 1.87 bits per heavy atom. The SMILES string of the molecule is CNC(=O)c1cnc(N2CCN(C(=O)O)C(C(C)(C)C)C2)cc1-c1ccccc1C. The number of rotatable bonds is 3. The van der Waals surface area contributed by atoms with E-state index in [0.717, 1.165) is 22.5 Å². The van der Waals surface area contributed by atoms with Crippen LogP contribution in [0.4, 0.5) is 10.6 Å². The highest BCUT2D eigenvalue weighted by molar-refractivity contribution is 6.01. The third-order valence-electron chi connectivity index (χ3n) is 5.75. The Kier molecular flexibility index (Phi) is 6.01. The Hall–Kier alpha value is -3.09. The minimum Gasteiger partial charge on any atom is -0.465 e. The second-order valence-electron chi connectivity index (χ2n) is 8.79. The number of anilines is 1. The second-order valence-corrected chi connectivity index (χ2v) is 8.79. The standard InChI is InChI=1S/C23H30N4O3/c1-15-8-6-7-9-16(15)17-12-20(25-13-18(17)21(28)24-5)26-10-11-27(22(29)30)19(14-26)23(2,3)4/h6-9,12-13,19H,10-11,14H2,1-5H3,(H,24,28)(H,29,30). The van der Waals surface area contributed by atoms with E-state index in [1.807, 2.05) is 37.3 Å². The molecule has 1 aliphatic heterocycles. The smallest absolute Gasteiger partial charge is 0.407 e. The molecule has 1 unspecified atom stereocenters. The summed E-state index contributed by atoms with van der Waals surface area (Å²) in [6.45, 7) is 9.70. The van der Waals surface area contributed by atoms with Crippen LogP contribution in [-0.2, 0) is 0 Å². The van der Waals surface area contributed by atoms with Crippen LogP contribution in [0.1, 0.15) is 36.7 Å². The maximum Gasteiger partial charge on any atom is 0.407 e. The Balaban J connectivity index is 2.03. The van der Waals surface area contributed by atoms with Gasteiger partial charge in [0.05, 0.1) is 11.6 Å². The fraction of sp³-hybridized carbons (Fsp3) is 0.435. The number of hydrogen-bond donors (Lipinski definition) is 2. The first kappa shape index (κ1) is 21.6. The van der Waals surface area contributed by atoms with E-state index in [2.05, 4.69) is 36.0 Å². The van der Waals surface area contributed by atoms with Gasteiger partial charge in [0, 0.05) is 32.9 Å². The lowest BCUT2D eigenvalue weighted by Gasteiger charge is -2.46. The van der Waals surface area contributed by atoms with Crippen molar-refractivity contribution in [2.75, 3.05) is 31.6 Å². The average molecular weight is 411 g/mol. The topological polar surface area (TPSA) is 85.8 Å². The molecule has 0 saturated carbocycles. The molecule has 1 saturated heterocycles. The van der Waals surface area contributed by atoms with Crippen molar-refractivity contribution < 1.29 is 14.7 Å². The number of piperazine rings is 1. The highest BCUT2D eigenvalue weighted by atomic mass is 16.4. The Bertz CT molecular complexity index is 952. The Morgan fingerprint density at radius 3 is 2.47 bits per heavy atom. The maximum atomic E-state index is 12.5. The molecule has 3 rings (SSSR count). The van der Waals surface area contributed by atoms with E-state index >= 15 is 0 Å². The highest BCUT2D eigenvalue weighted by Gasteiger charge is 2.38. The summed E-state index contributed by atoms with van der Waals surface area (Å²) in [5.74, 6) is 0.566. The van der Waals surface area contributed by atoms with Crippen LogP contribution in [0.5, 0.6) is 0 Å². The van der Waals surface area contributed by atoms with Gasteiger partial charge >= 0.3 is 6.09 Å². The minimum atomic E-state index is -0.891. The molecule has 2 heterocycles. The molecule has 7 heteroatoms. The van der Waals surface area contributed by atoms with E-state index in [-0.39, 0.29) is 17.4 Å². The van der Waals surface area contributed by atoms with Gasteiger partial charge in [0.25, 0.3) is 5.91 Å². The molecule has 2 amide bonds. The third kappa shape index (κ3) is 4.25. The summed E-state index contributed by atoms with van der Waals surface area (Å²) in [6.07, 6.45) is 0.726. The normalized spacial score (nSPS) is 17.0. The molecule has 0 spiro atoms. The van der Waals surface area contributed by atoms with Crippen LogP contribution in [0.25, 0.3) is 11.1 Å². The number of pyridine rings is 1. The number of benzene rings is 1. The lowest BCUT2D eigenvalue weighted by molar-refractivity contribution is 0.0746. The van der Waals surface area contributed by atoms with Gasteiger partial charge < -0.3 is 20.2 Å². The molecular weight excluding hydrogens is 380 g/mol. The number of hydrogen-bond acceptors (Lipinski definition) is 4. The number of aryl methyl sites for hydroxylation is 1. The zero-order valence-corrected chi connectivity index (χ0v) is 18.3. The van der Waals surface area contributed by atoms with Crippen molar-refractivity contribution in [3.63, 3.8) is 0 Å². The van der Waals surface area contributed by atoms with Crippen LogP contribution in [0.2, 0.25) is 0 Å². The molecule has 2 N–H and O–H groups in total. The molecule has 1 aromatic heterocycles. The largest absolute Gasteiger partial charge is 0.465 e. The van der Waals surface area contributed by atoms with Crippen LogP contribution in [-0.4, -0.2) is 59.7 Å². The highest BCUT2D eigenvalue weighted by Crippen LogP contribution is 2.33. The summed E-state index contributed by atoms with van der Waals surface area (Å²) in [4.78, 5) is 32.4. The maximum absolute atomic E-state index is 12.5. The molecule has 1 atom stereocenters. The van der Waals surface area contributed by atoms with Gasteiger partial charge in [-0.3, -0.25) is 4.79 Å². The molecule has 160 valence electrons. The lowest BCUT2D eigenvalue weighted by Crippen LogP contribution is -2.59. The predicted molar refractivity (Wildman–Crippen MR) is 118 cm³/mol. The van der Waals surface area contributed by atoms with Crippen molar-refractivity contribution in [3.8, 4) is 11.1 Å². The van der Waals surface area contributed by atoms with Crippen molar-refractivity contribution in [2.24, 2.45) is 5.41 Å². The van der Waals surface area contributed by atoms with Crippen LogP contribution >= 0.6 is 0 Å². The number of amides is 2. The first-order chi connectivity index (χ1) is 14.1. The number of nitrogens with zero attached hydrogens (tertiary/aromatic N) is 3. The zero-order valence-electron chi connectivity index (χ0n) is 18.3. The monoisotopic (exact) mass is 410 g/mol. The van der Waals surface area contributed by atoms with E-state index in [9.17, 15) is 14.7 Å². The third-order valence-corrected chi connectivity index (χ3v) is 5.75. The number of nitrogens with one attached hydrogen (secondary N) is 1. The van der Waals surface area contributed by atoms with Gasteiger partial charge in [-0.25, -0.2) is 9.78 Å². The average Bonchev–Trinajstić information content (AvgIpc) is 2.72. The van der Waals surface area contributed by atoms with E-state index < -0.39 is 6.09 Å². The fourth-order valence-electron chi connectivity index (χ4n) is 3.99. The number of carbonyl (C=O) groups excluding carboxylic acids is 1. The van der Waals surface area contributed by atoms with Crippen LogP contribution in [0, 0.1) is 12.3 Å². The van der Waals surface area contributed by atoms with Crippen molar-refractivity contribution in [1.29, 1.82) is 0 Å². The molecule has 0 aliphatic carbocycles. The molecule has 0 radical (unpaired) electrons. The first-order valence-corrected chi connectivity index (χ1v) is 10.2. The van der Waals surface area contributed by atoms with Gasteiger partial charge in [0.15, 0.2) is 0 Å². The van der Waals surface area contributed by atoms with Gasteiger partial charge in [-0.15, -0.1) is 0 Å². The summed E-state index contributed by atoms with van der Waals surface area (Å²) in [5, 5.41) is 12.3. The Morgan fingerprint density at radius 1 is 1.17 bits per heavy atom. The van der Waals surface area contributed by atoms with Gasteiger partial charge in [-0.05, 0) is 35.1 Å². The van der Waals surface area contributed by atoms with Crippen molar-refractivity contribution >= 4 is 17.8 Å². The van der Waals surface area contributed by atoms with Gasteiger partial charge in [-0.1, -0.05) is 45.0 Å². The summed E-state index contributed by atoms with van der Waals surface area (Å²) < 4.78 is 0. The number of aromatic nitrogens is 1. The summed E-state index contributed by atoms with van der Waals surface area (Å²) in [6, 6.07) is 9.73. The fourth-order valence-corrected chi connectivity index (χ4v) is 3.99.